The van der Waals surface area contributed by atoms with Gasteiger partial charge in [-0.3, -0.25) is 9.79 Å². The van der Waals surface area contributed by atoms with Gasteiger partial charge >= 0.3 is 0 Å². The zero-order chi connectivity index (χ0) is 19.7. The lowest BCUT2D eigenvalue weighted by atomic mass is 9.85. The van der Waals surface area contributed by atoms with Crippen LogP contribution in [0, 0.1) is 0 Å². The number of hydrogen-bond donors (Lipinski definition) is 2. The van der Waals surface area contributed by atoms with E-state index in [4.69, 9.17) is 9.73 Å². The first-order chi connectivity index (χ1) is 13.0. The number of amides is 1. The van der Waals surface area contributed by atoms with Gasteiger partial charge in [-0.1, -0.05) is 26.0 Å². The lowest BCUT2D eigenvalue weighted by molar-refractivity contribution is -0.127. The first-order valence-corrected chi connectivity index (χ1v) is 9.91. The summed E-state index contributed by atoms with van der Waals surface area (Å²) < 4.78 is 5.34. The van der Waals surface area contributed by atoms with Crippen LogP contribution in [0.1, 0.15) is 45.6 Å². The highest BCUT2D eigenvalue weighted by molar-refractivity contribution is 5.80. The second-order valence-corrected chi connectivity index (χ2v) is 7.58. The minimum absolute atomic E-state index is 0.0984. The monoisotopic (exact) mass is 374 g/mol. The number of ether oxygens (including phenoxy) is 1. The summed E-state index contributed by atoms with van der Waals surface area (Å²) in [6.07, 6.45) is 2.63. The Bertz CT molecular complexity index is 643. The lowest BCUT2D eigenvalue weighted by Crippen LogP contribution is -2.40. The van der Waals surface area contributed by atoms with Gasteiger partial charge in [0.25, 0.3) is 0 Å². The highest BCUT2D eigenvalue weighted by Gasteiger charge is 2.21. The zero-order valence-corrected chi connectivity index (χ0v) is 17.2. The van der Waals surface area contributed by atoms with Crippen LogP contribution in [0.25, 0.3) is 0 Å². The van der Waals surface area contributed by atoms with Gasteiger partial charge < -0.3 is 20.3 Å². The van der Waals surface area contributed by atoms with Gasteiger partial charge in [-0.15, -0.1) is 0 Å². The normalized spacial score (nSPS) is 15.2. The molecule has 150 valence electrons. The number of hydrogen-bond acceptors (Lipinski definition) is 3. The largest absolute Gasteiger partial charge is 0.497 e. The molecule has 1 aromatic rings. The standard InChI is InChI=1S/C21H34N4O2/c1-5-22-20(23-12-8-14-25-13-7-11-19(25)26)24-16-21(2,3)17-9-6-10-18(15-17)27-4/h6,9-10,15H,5,7-8,11-14,16H2,1-4H3,(H2,22,23,24). The summed E-state index contributed by atoms with van der Waals surface area (Å²) in [6, 6.07) is 8.16. The number of guanidine groups is 1. The fraction of sp³-hybridized carbons (Fsp3) is 0.619. The predicted molar refractivity (Wildman–Crippen MR) is 110 cm³/mol. The average molecular weight is 375 g/mol. The lowest BCUT2D eigenvalue weighted by Gasteiger charge is -2.24. The maximum atomic E-state index is 11.7. The van der Waals surface area contributed by atoms with Crippen molar-refractivity contribution in [2.75, 3.05) is 39.8 Å². The summed E-state index contributed by atoms with van der Waals surface area (Å²) in [4.78, 5) is 18.4. The topological polar surface area (TPSA) is 66.0 Å². The SMILES string of the molecule is CCNC(=NCC(C)(C)c1cccc(OC)c1)NCCCN1CCCC1=O. The summed E-state index contributed by atoms with van der Waals surface area (Å²) in [5, 5.41) is 6.68. The van der Waals surface area contributed by atoms with Crippen LogP contribution in [0.5, 0.6) is 5.75 Å². The third kappa shape index (κ3) is 6.45. The Balaban J connectivity index is 1.88. The first-order valence-electron chi connectivity index (χ1n) is 9.91. The number of methoxy groups -OCH3 is 1. The molecular formula is C21H34N4O2. The van der Waals surface area contributed by atoms with Gasteiger partial charge in [-0.2, -0.15) is 0 Å². The van der Waals surface area contributed by atoms with E-state index >= 15 is 0 Å². The molecule has 2 rings (SSSR count). The van der Waals surface area contributed by atoms with Crippen LogP contribution < -0.4 is 15.4 Å². The summed E-state index contributed by atoms with van der Waals surface area (Å²) in [6.45, 7) is 10.4. The van der Waals surface area contributed by atoms with Crippen LogP contribution in [0.2, 0.25) is 0 Å². The molecule has 0 aromatic heterocycles. The number of benzene rings is 1. The maximum absolute atomic E-state index is 11.7. The van der Waals surface area contributed by atoms with E-state index in [0.29, 0.717) is 13.0 Å². The van der Waals surface area contributed by atoms with E-state index in [2.05, 4.69) is 43.5 Å². The smallest absolute Gasteiger partial charge is 0.222 e. The minimum atomic E-state index is -0.0984. The van der Waals surface area contributed by atoms with Gasteiger partial charge in [0.05, 0.1) is 13.7 Å². The van der Waals surface area contributed by atoms with E-state index in [0.717, 1.165) is 50.7 Å². The average Bonchev–Trinajstić information content (AvgIpc) is 3.08. The van der Waals surface area contributed by atoms with Gasteiger partial charge in [-0.05, 0) is 37.5 Å². The number of nitrogens with one attached hydrogen (secondary N) is 2. The molecule has 1 saturated heterocycles. The number of nitrogens with zero attached hydrogens (tertiary/aromatic N) is 2. The summed E-state index contributed by atoms with van der Waals surface area (Å²) in [5.41, 5.74) is 1.10. The third-order valence-electron chi connectivity index (χ3n) is 4.90. The minimum Gasteiger partial charge on any atom is -0.497 e. The van der Waals surface area contributed by atoms with Crippen molar-refractivity contribution in [3.8, 4) is 5.75 Å². The van der Waals surface area contributed by atoms with E-state index < -0.39 is 0 Å². The molecule has 0 radical (unpaired) electrons. The van der Waals surface area contributed by atoms with Crippen LogP contribution in [-0.4, -0.2) is 56.6 Å². The summed E-state index contributed by atoms with van der Waals surface area (Å²) in [5.74, 6) is 1.97. The van der Waals surface area contributed by atoms with Crippen molar-refractivity contribution in [2.24, 2.45) is 4.99 Å². The van der Waals surface area contributed by atoms with Crippen molar-refractivity contribution in [3.05, 3.63) is 29.8 Å². The molecule has 0 saturated carbocycles. The highest BCUT2D eigenvalue weighted by Crippen LogP contribution is 2.26. The Morgan fingerprint density at radius 1 is 1.33 bits per heavy atom. The van der Waals surface area contributed by atoms with Gasteiger partial charge in [-0.25, -0.2) is 0 Å². The Hall–Kier alpha value is -2.24. The van der Waals surface area contributed by atoms with Crippen molar-refractivity contribution in [2.45, 2.75) is 45.4 Å². The quantitative estimate of drug-likeness (QED) is 0.396. The van der Waals surface area contributed by atoms with Gasteiger partial charge in [0.15, 0.2) is 5.96 Å². The number of carbonyl (C=O) groups is 1. The second kappa shape index (κ2) is 10.2. The third-order valence-corrected chi connectivity index (χ3v) is 4.90. The Kier molecular flexibility index (Phi) is 7.95. The molecule has 0 aliphatic carbocycles. The van der Waals surface area contributed by atoms with Crippen LogP contribution in [-0.2, 0) is 10.2 Å². The van der Waals surface area contributed by atoms with Crippen LogP contribution in [0.4, 0.5) is 0 Å². The molecule has 1 amide bonds. The fourth-order valence-electron chi connectivity index (χ4n) is 3.17. The molecule has 1 heterocycles. The van der Waals surface area contributed by atoms with Gasteiger partial charge in [0.2, 0.25) is 5.91 Å². The number of carbonyl (C=O) groups excluding carboxylic acids is 1. The molecule has 0 bridgehead atoms. The zero-order valence-electron chi connectivity index (χ0n) is 17.2. The van der Waals surface area contributed by atoms with Crippen molar-refractivity contribution in [1.82, 2.24) is 15.5 Å². The summed E-state index contributed by atoms with van der Waals surface area (Å²) >= 11 is 0. The van der Waals surface area contributed by atoms with E-state index in [1.165, 1.54) is 5.56 Å². The molecule has 1 aliphatic heterocycles. The molecular weight excluding hydrogens is 340 g/mol. The number of likely N-dealkylation sites (tertiary alicyclic amines) is 1. The highest BCUT2D eigenvalue weighted by atomic mass is 16.5. The fourth-order valence-corrected chi connectivity index (χ4v) is 3.17. The molecule has 0 unspecified atom stereocenters. The van der Waals surface area contributed by atoms with Gasteiger partial charge in [0, 0.05) is 38.0 Å². The molecule has 0 atom stereocenters. The molecule has 6 nitrogen and oxygen atoms in total. The van der Waals surface area contributed by atoms with E-state index in [1.807, 2.05) is 17.0 Å². The maximum Gasteiger partial charge on any atom is 0.222 e. The molecule has 2 N–H and O–H groups in total. The molecule has 1 aromatic carbocycles. The molecule has 6 heteroatoms. The Morgan fingerprint density at radius 3 is 2.81 bits per heavy atom. The van der Waals surface area contributed by atoms with Crippen molar-refractivity contribution >= 4 is 11.9 Å². The Morgan fingerprint density at radius 2 is 2.15 bits per heavy atom. The van der Waals surface area contributed by atoms with Crippen molar-refractivity contribution in [1.29, 1.82) is 0 Å². The second-order valence-electron chi connectivity index (χ2n) is 7.58. The van der Waals surface area contributed by atoms with Crippen LogP contribution in [0.15, 0.2) is 29.3 Å². The van der Waals surface area contributed by atoms with E-state index in [1.54, 1.807) is 7.11 Å². The number of aliphatic imine (C=N–C) groups is 1. The van der Waals surface area contributed by atoms with Crippen molar-refractivity contribution in [3.63, 3.8) is 0 Å². The molecule has 1 aliphatic rings. The Labute approximate surface area is 163 Å². The van der Waals surface area contributed by atoms with Crippen LogP contribution >= 0.6 is 0 Å². The summed E-state index contributed by atoms with van der Waals surface area (Å²) in [7, 11) is 1.69. The van der Waals surface area contributed by atoms with Crippen molar-refractivity contribution < 1.29 is 9.53 Å². The number of rotatable bonds is 9. The predicted octanol–water partition coefficient (Wildman–Crippen LogP) is 2.54. The molecule has 1 fully saturated rings. The molecule has 0 spiro atoms. The van der Waals surface area contributed by atoms with Gasteiger partial charge in [0.1, 0.15) is 5.75 Å². The van der Waals surface area contributed by atoms with E-state index in [-0.39, 0.29) is 11.3 Å². The van der Waals surface area contributed by atoms with Crippen LogP contribution in [0.3, 0.4) is 0 Å². The molecule has 27 heavy (non-hydrogen) atoms. The van der Waals surface area contributed by atoms with E-state index in [9.17, 15) is 4.79 Å². The first kappa shape index (κ1) is 21.1.